The normalized spacial score (nSPS) is 18.0. The highest BCUT2D eigenvalue weighted by Crippen LogP contribution is 2.24. The van der Waals surface area contributed by atoms with Crippen molar-refractivity contribution in [2.45, 2.75) is 52.6 Å². The van der Waals surface area contributed by atoms with E-state index in [9.17, 15) is 4.79 Å². The number of hydrogen-bond donors (Lipinski definition) is 0. The van der Waals surface area contributed by atoms with Crippen LogP contribution in [-0.2, 0) is 11.2 Å². The lowest BCUT2D eigenvalue weighted by atomic mass is 9.95. The fourth-order valence-corrected chi connectivity index (χ4v) is 3.24. The summed E-state index contributed by atoms with van der Waals surface area (Å²) >= 11 is 0. The number of likely N-dealkylation sites (tertiary alicyclic amines) is 1. The lowest BCUT2D eigenvalue weighted by Crippen LogP contribution is -2.43. The van der Waals surface area contributed by atoms with Crippen molar-refractivity contribution in [2.75, 3.05) is 13.1 Å². The van der Waals surface area contributed by atoms with E-state index in [1.54, 1.807) is 4.90 Å². The number of aryl methyl sites for hydroxylation is 1. The van der Waals surface area contributed by atoms with Crippen molar-refractivity contribution < 1.29 is 14.1 Å². The van der Waals surface area contributed by atoms with E-state index >= 15 is 0 Å². The van der Waals surface area contributed by atoms with Gasteiger partial charge in [-0.3, -0.25) is 0 Å². The maximum atomic E-state index is 12.3. The monoisotopic (exact) mass is 357 g/mol. The second-order valence-corrected chi connectivity index (χ2v) is 7.97. The van der Waals surface area contributed by atoms with E-state index in [1.165, 1.54) is 0 Å². The Morgan fingerprint density at radius 3 is 2.85 bits per heavy atom. The molecular formula is C20H27N3O3. The van der Waals surface area contributed by atoms with Crippen LogP contribution in [0.25, 0.3) is 11.4 Å². The quantitative estimate of drug-likeness (QED) is 0.822. The second kappa shape index (κ2) is 7.48. The number of hydrogen-bond acceptors (Lipinski definition) is 5. The summed E-state index contributed by atoms with van der Waals surface area (Å²) in [7, 11) is 0. The van der Waals surface area contributed by atoms with Gasteiger partial charge < -0.3 is 14.2 Å². The van der Waals surface area contributed by atoms with Gasteiger partial charge >= 0.3 is 6.09 Å². The van der Waals surface area contributed by atoms with Gasteiger partial charge in [-0.2, -0.15) is 4.98 Å². The molecule has 0 bridgehead atoms. The van der Waals surface area contributed by atoms with E-state index in [-0.39, 0.29) is 6.09 Å². The van der Waals surface area contributed by atoms with E-state index in [4.69, 9.17) is 9.26 Å². The third-order valence-electron chi connectivity index (χ3n) is 4.49. The molecule has 6 nitrogen and oxygen atoms in total. The molecule has 0 aliphatic carbocycles. The molecule has 0 N–H and O–H groups in total. The van der Waals surface area contributed by atoms with Gasteiger partial charge in [-0.1, -0.05) is 29.4 Å². The summed E-state index contributed by atoms with van der Waals surface area (Å²) in [6.45, 7) is 9.10. The Labute approximate surface area is 154 Å². The number of benzene rings is 1. The van der Waals surface area contributed by atoms with Crippen LogP contribution in [0.15, 0.2) is 28.8 Å². The number of aromatic nitrogens is 2. The standard InChI is InChI=1S/C20H27N3O3/c1-14-8-5-6-10-16(14)18-21-17(26-22-18)12-15-9-7-11-23(13-15)19(24)25-20(2,3)4/h5-6,8,10,15H,7,9,11-13H2,1-4H3/t15-/m0/s1. The predicted octanol–water partition coefficient (Wildman–Crippen LogP) is 4.23. The first-order chi connectivity index (χ1) is 12.3. The Hall–Kier alpha value is -2.37. The van der Waals surface area contributed by atoms with Crippen LogP contribution in [0.3, 0.4) is 0 Å². The van der Waals surface area contributed by atoms with Crippen molar-refractivity contribution in [1.82, 2.24) is 15.0 Å². The first-order valence-electron chi connectivity index (χ1n) is 9.18. The van der Waals surface area contributed by atoms with Crippen molar-refractivity contribution in [3.05, 3.63) is 35.7 Å². The van der Waals surface area contributed by atoms with Crippen LogP contribution >= 0.6 is 0 Å². The fourth-order valence-electron chi connectivity index (χ4n) is 3.24. The van der Waals surface area contributed by atoms with Crippen molar-refractivity contribution in [1.29, 1.82) is 0 Å². The molecule has 26 heavy (non-hydrogen) atoms. The van der Waals surface area contributed by atoms with Gasteiger partial charge in [0.2, 0.25) is 11.7 Å². The Morgan fingerprint density at radius 1 is 1.35 bits per heavy atom. The molecule has 0 unspecified atom stereocenters. The molecule has 0 spiro atoms. The van der Waals surface area contributed by atoms with Crippen molar-refractivity contribution in [3.8, 4) is 11.4 Å². The topological polar surface area (TPSA) is 68.5 Å². The average Bonchev–Trinajstić information content (AvgIpc) is 3.02. The van der Waals surface area contributed by atoms with E-state index < -0.39 is 5.60 Å². The molecule has 1 saturated heterocycles. The van der Waals surface area contributed by atoms with Crippen LogP contribution in [0, 0.1) is 12.8 Å². The molecule has 1 fully saturated rings. The Kier molecular flexibility index (Phi) is 5.30. The van der Waals surface area contributed by atoms with Crippen LogP contribution < -0.4 is 0 Å². The number of nitrogens with zero attached hydrogens (tertiary/aromatic N) is 3. The van der Waals surface area contributed by atoms with Crippen LogP contribution in [0.2, 0.25) is 0 Å². The molecule has 0 saturated carbocycles. The Morgan fingerprint density at radius 2 is 2.12 bits per heavy atom. The van der Waals surface area contributed by atoms with Crippen LogP contribution in [-0.4, -0.2) is 39.8 Å². The average molecular weight is 357 g/mol. The maximum absolute atomic E-state index is 12.3. The van der Waals surface area contributed by atoms with Crippen molar-refractivity contribution in [3.63, 3.8) is 0 Å². The number of piperidine rings is 1. The van der Waals surface area contributed by atoms with Gasteiger partial charge in [-0.25, -0.2) is 4.79 Å². The number of amides is 1. The molecule has 1 atom stereocenters. The zero-order valence-electron chi connectivity index (χ0n) is 16.0. The summed E-state index contributed by atoms with van der Waals surface area (Å²) in [5, 5.41) is 4.12. The van der Waals surface area contributed by atoms with E-state index in [1.807, 2.05) is 52.0 Å². The van der Waals surface area contributed by atoms with Gasteiger partial charge in [0.15, 0.2) is 0 Å². The molecule has 1 aliphatic heterocycles. The van der Waals surface area contributed by atoms with Crippen LogP contribution in [0.5, 0.6) is 0 Å². The largest absolute Gasteiger partial charge is 0.444 e. The molecule has 3 rings (SSSR count). The zero-order valence-corrected chi connectivity index (χ0v) is 16.0. The highest BCUT2D eigenvalue weighted by molar-refractivity contribution is 5.68. The van der Waals surface area contributed by atoms with E-state index in [0.717, 1.165) is 30.5 Å². The van der Waals surface area contributed by atoms with Crippen molar-refractivity contribution >= 4 is 6.09 Å². The first-order valence-corrected chi connectivity index (χ1v) is 9.18. The highest BCUT2D eigenvalue weighted by atomic mass is 16.6. The van der Waals surface area contributed by atoms with E-state index in [2.05, 4.69) is 10.1 Å². The molecule has 1 amide bonds. The zero-order chi connectivity index (χ0) is 18.7. The Bertz CT molecular complexity index is 764. The van der Waals surface area contributed by atoms with Gasteiger partial charge in [0.1, 0.15) is 5.60 Å². The molecule has 1 aromatic carbocycles. The number of carbonyl (C=O) groups is 1. The number of rotatable bonds is 3. The summed E-state index contributed by atoms with van der Waals surface area (Å²) in [5.74, 6) is 1.55. The van der Waals surface area contributed by atoms with Crippen LogP contribution in [0.4, 0.5) is 4.79 Å². The minimum absolute atomic E-state index is 0.242. The smallest absolute Gasteiger partial charge is 0.410 e. The fraction of sp³-hybridized carbons (Fsp3) is 0.550. The summed E-state index contributed by atoms with van der Waals surface area (Å²) in [6.07, 6.45) is 2.44. The summed E-state index contributed by atoms with van der Waals surface area (Å²) in [4.78, 5) is 18.6. The lowest BCUT2D eigenvalue weighted by molar-refractivity contribution is 0.0162. The van der Waals surface area contributed by atoms with Crippen molar-refractivity contribution in [2.24, 2.45) is 5.92 Å². The van der Waals surface area contributed by atoms with Gasteiger partial charge in [-0.05, 0) is 52.0 Å². The van der Waals surface area contributed by atoms with Gasteiger partial charge in [0.05, 0.1) is 0 Å². The second-order valence-electron chi connectivity index (χ2n) is 7.97. The minimum atomic E-state index is -0.473. The predicted molar refractivity (Wildman–Crippen MR) is 98.7 cm³/mol. The SMILES string of the molecule is Cc1ccccc1-c1noc(C[C@@H]2CCCN(C(=O)OC(C)(C)C)C2)n1. The Balaban J connectivity index is 1.63. The lowest BCUT2D eigenvalue weighted by Gasteiger charge is -2.33. The maximum Gasteiger partial charge on any atom is 0.410 e. The molecule has 2 heterocycles. The molecule has 140 valence electrons. The molecule has 1 aliphatic rings. The first kappa shape index (κ1) is 18.4. The molecular weight excluding hydrogens is 330 g/mol. The summed E-state index contributed by atoms with van der Waals surface area (Å²) in [5.41, 5.74) is 1.63. The molecule has 0 radical (unpaired) electrons. The minimum Gasteiger partial charge on any atom is -0.444 e. The molecule has 2 aromatic rings. The molecule has 1 aromatic heterocycles. The molecule has 6 heteroatoms. The van der Waals surface area contributed by atoms with E-state index in [0.29, 0.717) is 30.6 Å². The number of ether oxygens (including phenoxy) is 1. The summed E-state index contributed by atoms with van der Waals surface area (Å²) in [6, 6.07) is 7.99. The number of carbonyl (C=O) groups excluding carboxylic acids is 1. The third kappa shape index (κ3) is 4.62. The van der Waals surface area contributed by atoms with Crippen LogP contribution in [0.1, 0.15) is 45.1 Å². The summed E-state index contributed by atoms with van der Waals surface area (Å²) < 4.78 is 10.9. The van der Waals surface area contributed by atoms with Gasteiger partial charge in [-0.15, -0.1) is 0 Å². The third-order valence-corrected chi connectivity index (χ3v) is 4.49. The highest BCUT2D eigenvalue weighted by Gasteiger charge is 2.28. The van der Waals surface area contributed by atoms with Gasteiger partial charge in [0.25, 0.3) is 0 Å². The van der Waals surface area contributed by atoms with Gasteiger partial charge in [0, 0.05) is 25.1 Å².